The Balaban J connectivity index is 1.98. The van der Waals surface area contributed by atoms with E-state index in [0.717, 1.165) is 16.7 Å². The van der Waals surface area contributed by atoms with Crippen LogP contribution in [0.2, 0.25) is 0 Å². The van der Waals surface area contributed by atoms with Crippen LogP contribution in [0.1, 0.15) is 48.1 Å². The van der Waals surface area contributed by atoms with E-state index in [0.29, 0.717) is 35.7 Å². The van der Waals surface area contributed by atoms with Gasteiger partial charge in [-0.1, -0.05) is 24.3 Å². The summed E-state index contributed by atoms with van der Waals surface area (Å²) >= 11 is 1.60. The first-order valence-electron chi connectivity index (χ1n) is 10.9. The fourth-order valence-corrected chi connectivity index (χ4v) is 4.16. The predicted octanol–water partition coefficient (Wildman–Crippen LogP) is 6.20. The van der Waals surface area contributed by atoms with Gasteiger partial charge < -0.3 is 19.3 Å². The molecule has 3 rings (SSSR count). The van der Waals surface area contributed by atoms with Crippen molar-refractivity contribution in [3.63, 3.8) is 0 Å². The molecule has 6 nitrogen and oxygen atoms in total. The van der Waals surface area contributed by atoms with Crippen molar-refractivity contribution in [3.8, 4) is 11.5 Å². The Bertz CT molecular complexity index is 1150. The van der Waals surface area contributed by atoms with E-state index >= 15 is 0 Å². The molecule has 178 valence electrons. The number of ether oxygens (including phenoxy) is 3. The maximum Gasteiger partial charge on any atom is 0.330 e. The Morgan fingerprint density at radius 3 is 2.62 bits per heavy atom. The summed E-state index contributed by atoms with van der Waals surface area (Å²) in [6, 6.07) is 15.2. The van der Waals surface area contributed by atoms with Crippen LogP contribution >= 0.6 is 11.3 Å². The average molecular weight is 481 g/mol. The molecule has 0 spiro atoms. The maximum absolute atomic E-state index is 11.8. The summed E-state index contributed by atoms with van der Waals surface area (Å²) in [5.41, 5.74) is 4.34. The number of methoxy groups -OCH3 is 1. The minimum absolute atomic E-state index is 0.0420. The van der Waals surface area contributed by atoms with E-state index in [9.17, 15) is 14.7 Å². The number of aliphatic carboxylic acids is 1. The van der Waals surface area contributed by atoms with Gasteiger partial charge in [0.2, 0.25) is 0 Å². The second-order valence-electron chi connectivity index (χ2n) is 7.82. The highest BCUT2D eigenvalue weighted by Crippen LogP contribution is 2.36. The lowest BCUT2D eigenvalue weighted by atomic mass is 9.99. The summed E-state index contributed by atoms with van der Waals surface area (Å²) in [7, 11) is 1.32. The van der Waals surface area contributed by atoms with Gasteiger partial charge in [-0.3, -0.25) is 4.79 Å². The van der Waals surface area contributed by atoms with Crippen molar-refractivity contribution in [2.24, 2.45) is 0 Å². The van der Waals surface area contributed by atoms with Gasteiger partial charge in [-0.05, 0) is 71.5 Å². The van der Waals surface area contributed by atoms with Crippen LogP contribution in [0.25, 0.3) is 5.57 Å². The molecule has 1 unspecified atom stereocenters. The molecule has 3 aromatic rings. The molecule has 0 aliphatic rings. The van der Waals surface area contributed by atoms with Crippen LogP contribution in [0, 0.1) is 6.92 Å². The minimum Gasteiger partial charge on any atom is -0.489 e. The van der Waals surface area contributed by atoms with Gasteiger partial charge >= 0.3 is 11.9 Å². The molecule has 0 saturated carbocycles. The van der Waals surface area contributed by atoms with Gasteiger partial charge in [0.25, 0.3) is 0 Å². The van der Waals surface area contributed by atoms with Crippen LogP contribution in [0.5, 0.6) is 11.5 Å². The van der Waals surface area contributed by atoms with E-state index in [4.69, 9.17) is 14.2 Å². The van der Waals surface area contributed by atoms with E-state index in [1.807, 2.05) is 60.1 Å². The highest BCUT2D eigenvalue weighted by atomic mass is 32.1. The number of allylic oxidation sites excluding steroid dienone is 1. The molecule has 2 aromatic carbocycles. The van der Waals surface area contributed by atoms with Crippen molar-refractivity contribution in [1.82, 2.24) is 0 Å². The zero-order chi connectivity index (χ0) is 24.5. The van der Waals surface area contributed by atoms with Crippen molar-refractivity contribution in [2.75, 3.05) is 7.11 Å². The molecule has 1 N–H and O–H groups in total. The molecular formula is C27H28O6S. The monoisotopic (exact) mass is 480 g/mol. The quantitative estimate of drug-likeness (QED) is 0.260. The normalized spacial score (nSPS) is 12.1. The summed E-state index contributed by atoms with van der Waals surface area (Å²) in [4.78, 5) is 23.2. The van der Waals surface area contributed by atoms with Gasteiger partial charge in [-0.15, -0.1) is 0 Å². The Kier molecular flexibility index (Phi) is 8.87. The first kappa shape index (κ1) is 25.1. The number of thiophene rings is 1. The van der Waals surface area contributed by atoms with Crippen LogP contribution in [0.15, 0.2) is 65.4 Å². The summed E-state index contributed by atoms with van der Waals surface area (Å²) in [6.45, 7) is 4.18. The van der Waals surface area contributed by atoms with Crippen molar-refractivity contribution < 1.29 is 28.9 Å². The van der Waals surface area contributed by atoms with E-state index in [-0.39, 0.29) is 6.42 Å². The van der Waals surface area contributed by atoms with E-state index < -0.39 is 18.0 Å². The Labute approximate surface area is 203 Å². The molecule has 0 radical (unpaired) electrons. The Hall–Kier alpha value is -3.58. The first-order chi connectivity index (χ1) is 16.4. The summed E-state index contributed by atoms with van der Waals surface area (Å²) in [5.74, 6) is -0.253. The molecule has 0 aliphatic carbocycles. The number of esters is 1. The Morgan fingerprint density at radius 2 is 1.94 bits per heavy atom. The summed E-state index contributed by atoms with van der Waals surface area (Å²) in [5, 5.41) is 13.3. The lowest BCUT2D eigenvalue weighted by Gasteiger charge is -2.23. The highest BCUT2D eigenvalue weighted by molar-refractivity contribution is 7.07. The molecule has 1 atom stereocenters. The highest BCUT2D eigenvalue weighted by Gasteiger charge is 2.20. The van der Waals surface area contributed by atoms with E-state index in [1.165, 1.54) is 13.2 Å². The average Bonchev–Trinajstić information content (AvgIpc) is 3.34. The molecule has 0 aliphatic heterocycles. The number of hydrogen-bond donors (Lipinski definition) is 1. The molecule has 0 saturated heterocycles. The van der Waals surface area contributed by atoms with E-state index in [2.05, 4.69) is 0 Å². The largest absolute Gasteiger partial charge is 0.489 e. The number of aryl methyl sites for hydroxylation is 1. The fraction of sp³-hybridized carbons (Fsp3) is 0.259. The number of carboxylic acid groups (broad SMARTS) is 1. The predicted molar refractivity (Wildman–Crippen MR) is 132 cm³/mol. The third kappa shape index (κ3) is 6.96. The fourth-order valence-electron chi connectivity index (χ4n) is 3.50. The molecule has 0 bridgehead atoms. The molecule has 1 heterocycles. The van der Waals surface area contributed by atoms with Crippen molar-refractivity contribution >= 4 is 28.8 Å². The van der Waals surface area contributed by atoms with Crippen LogP contribution in [0.3, 0.4) is 0 Å². The SMILES string of the molecule is COC(=O)C=C(C)c1ccc(OCc2ccsc2)cc1OC(CCC(=O)O)c1ccccc1C. The van der Waals surface area contributed by atoms with Crippen molar-refractivity contribution in [3.05, 3.63) is 87.6 Å². The summed E-state index contributed by atoms with van der Waals surface area (Å²) < 4.78 is 17.2. The molecule has 0 amide bonds. The molecule has 34 heavy (non-hydrogen) atoms. The van der Waals surface area contributed by atoms with Crippen LogP contribution in [0.4, 0.5) is 0 Å². The number of carbonyl (C=O) groups excluding carboxylic acids is 1. The Morgan fingerprint density at radius 1 is 1.15 bits per heavy atom. The maximum atomic E-state index is 11.8. The second kappa shape index (κ2) is 12.0. The van der Waals surface area contributed by atoms with Crippen molar-refractivity contribution in [2.45, 2.75) is 39.4 Å². The summed E-state index contributed by atoms with van der Waals surface area (Å²) in [6.07, 6.45) is 1.15. The zero-order valence-electron chi connectivity index (χ0n) is 19.4. The van der Waals surface area contributed by atoms with Gasteiger partial charge in [-0.2, -0.15) is 11.3 Å². The first-order valence-corrected chi connectivity index (χ1v) is 11.8. The number of carboxylic acids is 1. The third-order valence-corrected chi connectivity index (χ3v) is 6.06. The van der Waals surface area contributed by atoms with Gasteiger partial charge in [0.05, 0.1) is 7.11 Å². The van der Waals surface area contributed by atoms with Crippen LogP contribution in [-0.2, 0) is 20.9 Å². The molecular weight excluding hydrogens is 452 g/mol. The third-order valence-electron chi connectivity index (χ3n) is 5.32. The van der Waals surface area contributed by atoms with Gasteiger partial charge in [-0.25, -0.2) is 4.79 Å². The number of carbonyl (C=O) groups is 2. The van der Waals surface area contributed by atoms with Gasteiger partial charge in [0.15, 0.2) is 0 Å². The number of hydrogen-bond acceptors (Lipinski definition) is 6. The standard InChI is InChI=1S/C27H28O6S/c1-18-6-4-5-7-22(18)24(10-11-26(28)29)33-25-15-21(32-16-20-12-13-34-17-20)8-9-23(25)19(2)14-27(30)31-3/h4-9,12-15,17,24H,10-11,16H2,1-3H3,(H,28,29). The lowest BCUT2D eigenvalue weighted by molar-refractivity contribution is -0.137. The second-order valence-corrected chi connectivity index (χ2v) is 8.60. The zero-order valence-corrected chi connectivity index (χ0v) is 20.3. The molecule has 1 aromatic heterocycles. The lowest BCUT2D eigenvalue weighted by Crippen LogP contribution is -2.12. The number of benzene rings is 2. The van der Waals surface area contributed by atoms with Crippen molar-refractivity contribution in [1.29, 1.82) is 0 Å². The van der Waals surface area contributed by atoms with Gasteiger partial charge in [0.1, 0.15) is 24.2 Å². The molecule has 7 heteroatoms. The topological polar surface area (TPSA) is 82.1 Å². The van der Waals surface area contributed by atoms with Gasteiger partial charge in [0, 0.05) is 24.1 Å². The smallest absolute Gasteiger partial charge is 0.330 e. The minimum atomic E-state index is -0.892. The van der Waals surface area contributed by atoms with Crippen LogP contribution in [-0.4, -0.2) is 24.2 Å². The van der Waals surface area contributed by atoms with E-state index in [1.54, 1.807) is 24.3 Å². The van der Waals surface area contributed by atoms with Crippen LogP contribution < -0.4 is 9.47 Å². The number of rotatable bonds is 11. The molecule has 0 fully saturated rings.